The van der Waals surface area contributed by atoms with E-state index in [1.165, 1.54) is 0 Å². The van der Waals surface area contributed by atoms with Gasteiger partial charge in [-0.2, -0.15) is 0 Å². The van der Waals surface area contributed by atoms with E-state index in [9.17, 15) is 0 Å². The second-order valence-electron chi connectivity index (χ2n) is 5.28. The van der Waals surface area contributed by atoms with Crippen molar-refractivity contribution in [3.8, 4) is 0 Å². The van der Waals surface area contributed by atoms with Crippen LogP contribution in [0.1, 0.15) is 40.5 Å². The maximum Gasteiger partial charge on any atom is 0.0636 e. The first-order chi connectivity index (χ1) is 6.37. The van der Waals surface area contributed by atoms with E-state index in [0.717, 1.165) is 12.8 Å². The van der Waals surface area contributed by atoms with Crippen molar-refractivity contribution in [3.05, 3.63) is 0 Å². The Balaban J connectivity index is 2.06. The summed E-state index contributed by atoms with van der Waals surface area (Å²) in [5.74, 6) is 0. The number of rotatable bonds is 4. The fourth-order valence-electron chi connectivity index (χ4n) is 1.67. The minimum Gasteiger partial charge on any atom is -0.392 e. The molecule has 1 saturated carbocycles. The lowest BCUT2D eigenvalue weighted by Gasteiger charge is -2.39. The Kier molecular flexibility index (Phi) is 3.93. The maximum atomic E-state index is 9.08. The minimum atomic E-state index is -0.252. The highest BCUT2D eigenvalue weighted by atomic mass is 16.5. The molecular formula is C11H23NO2. The van der Waals surface area contributed by atoms with Gasteiger partial charge in [-0.1, -0.05) is 0 Å². The van der Waals surface area contributed by atoms with E-state index in [-0.39, 0.29) is 11.7 Å². The molecule has 1 aliphatic rings. The molecule has 0 aromatic rings. The van der Waals surface area contributed by atoms with Crippen molar-refractivity contribution >= 4 is 0 Å². The van der Waals surface area contributed by atoms with E-state index in [1.54, 1.807) is 6.92 Å². The van der Waals surface area contributed by atoms with Crippen LogP contribution in [-0.2, 0) is 4.74 Å². The molecule has 1 atom stereocenters. The summed E-state index contributed by atoms with van der Waals surface area (Å²) in [7, 11) is 0. The summed E-state index contributed by atoms with van der Waals surface area (Å²) in [6, 6.07) is 0.539. The number of aliphatic hydroxyl groups excluding tert-OH is 1. The lowest BCUT2D eigenvalue weighted by molar-refractivity contribution is -0.103. The van der Waals surface area contributed by atoms with Crippen LogP contribution in [-0.4, -0.2) is 35.5 Å². The Morgan fingerprint density at radius 3 is 2.43 bits per heavy atom. The van der Waals surface area contributed by atoms with Crippen molar-refractivity contribution in [1.29, 1.82) is 0 Å². The molecule has 1 aliphatic carbocycles. The molecule has 2 N–H and O–H groups in total. The highest BCUT2D eigenvalue weighted by Crippen LogP contribution is 2.27. The van der Waals surface area contributed by atoms with Gasteiger partial charge in [0.25, 0.3) is 0 Å². The van der Waals surface area contributed by atoms with Crippen molar-refractivity contribution in [2.75, 3.05) is 6.54 Å². The Hall–Kier alpha value is -0.120. The summed E-state index contributed by atoms with van der Waals surface area (Å²) in [5, 5.41) is 12.4. The van der Waals surface area contributed by atoms with Crippen molar-refractivity contribution in [3.63, 3.8) is 0 Å². The Morgan fingerprint density at radius 1 is 1.43 bits per heavy atom. The van der Waals surface area contributed by atoms with Crippen molar-refractivity contribution in [1.82, 2.24) is 5.32 Å². The highest BCUT2D eigenvalue weighted by Gasteiger charge is 2.32. The van der Waals surface area contributed by atoms with Crippen LogP contribution >= 0.6 is 0 Å². The smallest absolute Gasteiger partial charge is 0.0636 e. The van der Waals surface area contributed by atoms with Gasteiger partial charge in [-0.3, -0.25) is 0 Å². The average molecular weight is 201 g/mol. The molecule has 0 radical (unpaired) electrons. The molecule has 1 fully saturated rings. The zero-order valence-corrected chi connectivity index (χ0v) is 9.71. The van der Waals surface area contributed by atoms with Crippen LogP contribution in [0.5, 0.6) is 0 Å². The molecule has 0 aliphatic heterocycles. The predicted molar refractivity (Wildman–Crippen MR) is 57.3 cm³/mol. The first-order valence-corrected chi connectivity index (χ1v) is 5.46. The Morgan fingerprint density at radius 2 is 2.00 bits per heavy atom. The molecule has 0 amide bonds. The Bertz CT molecular complexity index is 169. The summed E-state index contributed by atoms with van der Waals surface area (Å²) < 4.78 is 5.81. The van der Waals surface area contributed by atoms with E-state index >= 15 is 0 Å². The zero-order valence-electron chi connectivity index (χ0n) is 9.71. The summed E-state index contributed by atoms with van der Waals surface area (Å²) in [4.78, 5) is 0. The molecule has 14 heavy (non-hydrogen) atoms. The maximum absolute atomic E-state index is 9.08. The van der Waals surface area contributed by atoms with Crippen molar-refractivity contribution in [2.24, 2.45) is 0 Å². The molecule has 0 aromatic heterocycles. The van der Waals surface area contributed by atoms with Crippen LogP contribution in [0.3, 0.4) is 0 Å². The van der Waals surface area contributed by atoms with Gasteiger partial charge in [0.1, 0.15) is 0 Å². The van der Waals surface area contributed by atoms with Crippen LogP contribution < -0.4 is 5.32 Å². The third kappa shape index (κ3) is 4.40. The van der Waals surface area contributed by atoms with Gasteiger partial charge in [0, 0.05) is 12.6 Å². The first-order valence-electron chi connectivity index (χ1n) is 5.46. The van der Waals surface area contributed by atoms with Crippen LogP contribution in [0.2, 0.25) is 0 Å². The topological polar surface area (TPSA) is 41.5 Å². The van der Waals surface area contributed by atoms with Gasteiger partial charge >= 0.3 is 0 Å². The van der Waals surface area contributed by atoms with Crippen LogP contribution in [0.25, 0.3) is 0 Å². The SMILES string of the molecule is CC(O)CNC1CC(OC(C)(C)C)C1. The number of hydrogen-bond acceptors (Lipinski definition) is 3. The molecular weight excluding hydrogens is 178 g/mol. The molecule has 0 aromatic carbocycles. The standard InChI is InChI=1S/C11H23NO2/c1-8(13)7-12-9-5-10(6-9)14-11(2,3)4/h8-10,12-13H,5-7H2,1-4H3. The first kappa shape index (κ1) is 12.0. The van der Waals surface area contributed by atoms with E-state index in [0.29, 0.717) is 18.7 Å². The molecule has 0 saturated heterocycles. The van der Waals surface area contributed by atoms with Gasteiger partial charge in [-0.15, -0.1) is 0 Å². The van der Waals surface area contributed by atoms with Gasteiger partial charge in [-0.25, -0.2) is 0 Å². The van der Waals surface area contributed by atoms with E-state index in [1.807, 2.05) is 0 Å². The second-order valence-corrected chi connectivity index (χ2v) is 5.28. The third-order valence-electron chi connectivity index (χ3n) is 2.32. The normalized spacial score (nSPS) is 29.8. The van der Waals surface area contributed by atoms with Crippen LogP contribution in [0.15, 0.2) is 0 Å². The number of hydrogen-bond donors (Lipinski definition) is 2. The Labute approximate surface area is 86.8 Å². The average Bonchev–Trinajstić information content (AvgIpc) is 1.90. The molecule has 3 heteroatoms. The molecule has 0 bridgehead atoms. The van der Waals surface area contributed by atoms with Crippen LogP contribution in [0, 0.1) is 0 Å². The molecule has 3 nitrogen and oxygen atoms in total. The third-order valence-corrected chi connectivity index (χ3v) is 2.32. The lowest BCUT2D eigenvalue weighted by Crippen LogP contribution is -2.49. The predicted octanol–water partition coefficient (Wildman–Crippen LogP) is 1.30. The van der Waals surface area contributed by atoms with Gasteiger partial charge < -0.3 is 15.2 Å². The minimum absolute atomic E-state index is 0.0279. The van der Waals surface area contributed by atoms with Crippen molar-refractivity contribution < 1.29 is 9.84 Å². The van der Waals surface area contributed by atoms with Crippen molar-refractivity contribution in [2.45, 2.75) is 64.4 Å². The van der Waals surface area contributed by atoms with Crippen LogP contribution in [0.4, 0.5) is 0 Å². The molecule has 0 heterocycles. The molecule has 1 rings (SSSR count). The number of ether oxygens (including phenoxy) is 1. The number of nitrogens with one attached hydrogen (secondary N) is 1. The summed E-state index contributed by atoms with van der Waals surface area (Å²) in [6.45, 7) is 8.75. The monoisotopic (exact) mass is 201 g/mol. The summed E-state index contributed by atoms with van der Waals surface area (Å²) in [6.07, 6.45) is 2.30. The van der Waals surface area contributed by atoms with Gasteiger partial charge in [0.2, 0.25) is 0 Å². The zero-order chi connectivity index (χ0) is 10.8. The fourth-order valence-corrected chi connectivity index (χ4v) is 1.67. The second kappa shape index (κ2) is 4.60. The molecule has 0 spiro atoms. The largest absolute Gasteiger partial charge is 0.392 e. The highest BCUT2D eigenvalue weighted by molar-refractivity contribution is 4.87. The van der Waals surface area contributed by atoms with Gasteiger partial charge in [-0.05, 0) is 40.5 Å². The molecule has 1 unspecified atom stereocenters. The van der Waals surface area contributed by atoms with E-state index in [2.05, 4.69) is 26.1 Å². The number of aliphatic hydroxyl groups is 1. The quantitative estimate of drug-likeness (QED) is 0.720. The molecule has 84 valence electrons. The summed E-state index contributed by atoms with van der Waals surface area (Å²) >= 11 is 0. The van der Waals surface area contributed by atoms with E-state index < -0.39 is 0 Å². The fraction of sp³-hybridized carbons (Fsp3) is 1.00. The van der Waals surface area contributed by atoms with Gasteiger partial charge in [0.05, 0.1) is 17.8 Å². The van der Waals surface area contributed by atoms with E-state index in [4.69, 9.17) is 9.84 Å². The summed E-state index contributed by atoms with van der Waals surface area (Å²) in [5.41, 5.74) is -0.0279. The van der Waals surface area contributed by atoms with Gasteiger partial charge in [0.15, 0.2) is 0 Å². The lowest BCUT2D eigenvalue weighted by atomic mass is 9.88.